The molecule has 9 heteroatoms. The van der Waals surface area contributed by atoms with Crippen molar-refractivity contribution in [2.24, 2.45) is 12.8 Å². The van der Waals surface area contributed by atoms with Gasteiger partial charge in [0.2, 0.25) is 15.9 Å². The van der Waals surface area contributed by atoms with Gasteiger partial charge in [0.05, 0.1) is 6.54 Å². The first kappa shape index (κ1) is 13.6. The molecule has 8 nitrogen and oxygen atoms in total. The number of nitrogens with zero attached hydrogens (tertiary/aromatic N) is 2. The molecule has 1 aromatic rings. The number of aromatic nitrogens is 1. The molecule has 0 saturated carbocycles. The third kappa shape index (κ3) is 2.47. The Morgan fingerprint density at radius 1 is 1.47 bits per heavy atom. The van der Waals surface area contributed by atoms with E-state index in [0.717, 1.165) is 4.31 Å². The first-order chi connectivity index (χ1) is 8.82. The van der Waals surface area contributed by atoms with E-state index in [9.17, 15) is 18.0 Å². The van der Waals surface area contributed by atoms with E-state index in [1.54, 1.807) is 0 Å². The molecule has 0 aliphatic carbocycles. The lowest BCUT2D eigenvalue weighted by Gasteiger charge is -2.25. The first-order valence-corrected chi connectivity index (χ1v) is 6.99. The average molecular weight is 286 g/mol. The molecule has 1 fully saturated rings. The summed E-state index contributed by atoms with van der Waals surface area (Å²) in [5.74, 6) is -1.05. The standard InChI is InChI=1S/C10H14N4O4S/c1-13-5-7(4-8(13)10(11)16)19(17,18)14-3-2-12-9(15)6-14/h4-5H,2-3,6H2,1H3,(H2,11,16)(H,12,15). The van der Waals surface area contributed by atoms with Crippen LogP contribution in [0.5, 0.6) is 0 Å². The Hall–Kier alpha value is -1.87. The molecule has 0 atom stereocenters. The predicted octanol–water partition coefficient (Wildman–Crippen LogP) is -1.76. The average Bonchev–Trinajstić information content (AvgIpc) is 2.72. The lowest BCUT2D eigenvalue weighted by atomic mass is 10.4. The Bertz CT molecular complexity index is 634. The van der Waals surface area contributed by atoms with Gasteiger partial charge in [-0.1, -0.05) is 0 Å². The van der Waals surface area contributed by atoms with Gasteiger partial charge in [-0.05, 0) is 6.07 Å². The molecule has 1 aromatic heterocycles. The van der Waals surface area contributed by atoms with Crippen molar-refractivity contribution in [2.75, 3.05) is 19.6 Å². The molecule has 2 rings (SSSR count). The third-order valence-corrected chi connectivity index (χ3v) is 4.68. The minimum absolute atomic E-state index is 0.0431. The number of aryl methyl sites for hydroxylation is 1. The second kappa shape index (κ2) is 4.67. The van der Waals surface area contributed by atoms with Crippen LogP contribution in [-0.2, 0) is 21.9 Å². The Kier molecular flexibility index (Phi) is 3.33. The molecular weight excluding hydrogens is 272 g/mol. The molecule has 104 valence electrons. The number of amides is 2. The number of piperazine rings is 1. The van der Waals surface area contributed by atoms with E-state index < -0.39 is 15.9 Å². The predicted molar refractivity (Wildman–Crippen MR) is 65.7 cm³/mol. The molecule has 0 radical (unpaired) electrons. The molecule has 1 saturated heterocycles. The molecule has 1 aliphatic rings. The SMILES string of the molecule is Cn1cc(S(=O)(=O)N2CCNC(=O)C2)cc1C(N)=O. The monoisotopic (exact) mass is 286 g/mol. The number of primary amides is 1. The highest BCUT2D eigenvalue weighted by Gasteiger charge is 2.30. The van der Waals surface area contributed by atoms with E-state index >= 15 is 0 Å². The van der Waals surface area contributed by atoms with E-state index in [1.807, 2.05) is 0 Å². The normalized spacial score (nSPS) is 17.2. The van der Waals surface area contributed by atoms with Gasteiger partial charge in [0, 0.05) is 26.3 Å². The number of nitrogens with one attached hydrogen (secondary N) is 1. The Balaban J connectivity index is 2.36. The van der Waals surface area contributed by atoms with Gasteiger partial charge < -0.3 is 15.6 Å². The van der Waals surface area contributed by atoms with Crippen molar-refractivity contribution < 1.29 is 18.0 Å². The highest BCUT2D eigenvalue weighted by Crippen LogP contribution is 2.18. The smallest absolute Gasteiger partial charge is 0.265 e. The van der Waals surface area contributed by atoms with Crippen molar-refractivity contribution in [1.82, 2.24) is 14.2 Å². The summed E-state index contributed by atoms with van der Waals surface area (Å²) in [5, 5.41) is 2.55. The lowest BCUT2D eigenvalue weighted by molar-refractivity contribution is -0.122. The summed E-state index contributed by atoms with van der Waals surface area (Å²) in [6.07, 6.45) is 1.31. The Morgan fingerprint density at radius 3 is 2.68 bits per heavy atom. The fourth-order valence-electron chi connectivity index (χ4n) is 1.89. The van der Waals surface area contributed by atoms with Gasteiger partial charge >= 0.3 is 0 Å². The number of carbonyl (C=O) groups is 2. The van der Waals surface area contributed by atoms with Crippen LogP contribution in [0.1, 0.15) is 10.5 Å². The molecule has 3 N–H and O–H groups in total. The lowest BCUT2D eigenvalue weighted by Crippen LogP contribution is -2.49. The Morgan fingerprint density at radius 2 is 2.16 bits per heavy atom. The van der Waals surface area contributed by atoms with Gasteiger partial charge in [-0.15, -0.1) is 0 Å². The van der Waals surface area contributed by atoms with E-state index in [0.29, 0.717) is 0 Å². The van der Waals surface area contributed by atoms with Crippen molar-refractivity contribution in [1.29, 1.82) is 0 Å². The minimum atomic E-state index is -3.79. The van der Waals surface area contributed by atoms with Gasteiger partial charge in [0.1, 0.15) is 10.6 Å². The van der Waals surface area contributed by atoms with Crippen LogP contribution in [0.4, 0.5) is 0 Å². The maximum Gasteiger partial charge on any atom is 0.265 e. The van der Waals surface area contributed by atoms with Gasteiger partial charge in [-0.25, -0.2) is 8.42 Å². The second-order valence-corrected chi connectivity index (χ2v) is 6.16. The molecule has 19 heavy (non-hydrogen) atoms. The van der Waals surface area contributed by atoms with Crippen LogP contribution in [-0.4, -0.2) is 48.7 Å². The summed E-state index contributed by atoms with van der Waals surface area (Å²) in [6.45, 7) is 0.256. The number of hydrogen-bond acceptors (Lipinski definition) is 4. The summed E-state index contributed by atoms with van der Waals surface area (Å²) < 4.78 is 27.0. The quantitative estimate of drug-likeness (QED) is 0.685. The molecule has 2 amide bonds. The highest BCUT2D eigenvalue weighted by atomic mass is 32.2. The van der Waals surface area contributed by atoms with Crippen molar-refractivity contribution in [3.63, 3.8) is 0 Å². The first-order valence-electron chi connectivity index (χ1n) is 5.55. The minimum Gasteiger partial charge on any atom is -0.364 e. The zero-order chi connectivity index (χ0) is 14.2. The summed E-state index contributed by atoms with van der Waals surface area (Å²) in [4.78, 5) is 22.3. The van der Waals surface area contributed by atoms with Crippen LogP contribution >= 0.6 is 0 Å². The van der Waals surface area contributed by atoms with E-state index in [4.69, 9.17) is 5.73 Å². The largest absolute Gasteiger partial charge is 0.364 e. The van der Waals surface area contributed by atoms with Gasteiger partial charge in [-0.2, -0.15) is 4.31 Å². The third-order valence-electron chi connectivity index (χ3n) is 2.87. The van der Waals surface area contributed by atoms with Crippen molar-refractivity contribution >= 4 is 21.8 Å². The van der Waals surface area contributed by atoms with Crippen LogP contribution in [0.3, 0.4) is 0 Å². The van der Waals surface area contributed by atoms with E-state index in [-0.39, 0.29) is 36.1 Å². The number of rotatable bonds is 3. The van der Waals surface area contributed by atoms with Crippen LogP contribution in [0.25, 0.3) is 0 Å². The topological polar surface area (TPSA) is 114 Å². The molecule has 0 unspecified atom stereocenters. The van der Waals surface area contributed by atoms with Crippen molar-refractivity contribution in [3.05, 3.63) is 18.0 Å². The molecule has 0 bridgehead atoms. The van der Waals surface area contributed by atoms with Crippen LogP contribution in [0.15, 0.2) is 17.2 Å². The summed E-state index contributed by atoms with van der Waals surface area (Å²) >= 11 is 0. The van der Waals surface area contributed by atoms with Crippen LogP contribution in [0, 0.1) is 0 Å². The van der Waals surface area contributed by atoms with Crippen LogP contribution in [0.2, 0.25) is 0 Å². The summed E-state index contributed by atoms with van der Waals surface area (Å²) in [6, 6.07) is 1.21. The molecule has 0 spiro atoms. The van der Waals surface area contributed by atoms with Crippen molar-refractivity contribution in [2.45, 2.75) is 4.90 Å². The zero-order valence-electron chi connectivity index (χ0n) is 10.3. The Labute approximate surface area is 110 Å². The molecular formula is C10H14N4O4S. The molecule has 0 aromatic carbocycles. The number of nitrogens with two attached hydrogens (primary N) is 1. The van der Waals surface area contributed by atoms with Crippen molar-refractivity contribution in [3.8, 4) is 0 Å². The van der Waals surface area contributed by atoms with E-state index in [1.165, 1.54) is 23.9 Å². The maximum absolute atomic E-state index is 12.3. The number of hydrogen-bond donors (Lipinski definition) is 2. The van der Waals surface area contributed by atoms with Crippen LogP contribution < -0.4 is 11.1 Å². The zero-order valence-corrected chi connectivity index (χ0v) is 11.1. The number of carbonyl (C=O) groups excluding carboxylic acids is 2. The molecule has 1 aliphatic heterocycles. The maximum atomic E-state index is 12.3. The van der Waals surface area contributed by atoms with Gasteiger partial charge in [-0.3, -0.25) is 9.59 Å². The summed E-state index contributed by atoms with van der Waals surface area (Å²) in [5.41, 5.74) is 5.24. The van der Waals surface area contributed by atoms with Gasteiger partial charge in [0.25, 0.3) is 5.91 Å². The van der Waals surface area contributed by atoms with Gasteiger partial charge in [0.15, 0.2) is 0 Å². The fourth-order valence-corrected chi connectivity index (χ4v) is 3.36. The summed E-state index contributed by atoms with van der Waals surface area (Å²) in [7, 11) is -2.26. The fraction of sp³-hybridized carbons (Fsp3) is 0.400. The second-order valence-electron chi connectivity index (χ2n) is 4.22. The highest BCUT2D eigenvalue weighted by molar-refractivity contribution is 7.89. The number of sulfonamides is 1. The molecule has 2 heterocycles. The van der Waals surface area contributed by atoms with E-state index in [2.05, 4.69) is 5.32 Å².